The van der Waals surface area contributed by atoms with Crippen molar-refractivity contribution in [1.29, 1.82) is 5.26 Å². The zero-order valence-corrected chi connectivity index (χ0v) is 11.4. The Morgan fingerprint density at radius 3 is 3.00 bits per heavy atom. The zero-order valence-electron chi connectivity index (χ0n) is 10.7. The number of nitrogens with zero attached hydrogens (tertiary/aromatic N) is 3. The molecule has 1 N–H and O–H groups in total. The number of anilines is 1. The molecule has 1 saturated heterocycles. The molecule has 1 aromatic heterocycles. The lowest BCUT2D eigenvalue weighted by molar-refractivity contribution is 0.274. The number of aromatic nitrogens is 1. The van der Waals surface area contributed by atoms with Gasteiger partial charge in [0.05, 0.1) is 5.56 Å². The van der Waals surface area contributed by atoms with Crippen LogP contribution in [0.5, 0.6) is 0 Å². The molecule has 18 heavy (non-hydrogen) atoms. The van der Waals surface area contributed by atoms with E-state index in [-0.39, 0.29) is 0 Å². The largest absolute Gasteiger partial charge is 0.365 e. The van der Waals surface area contributed by atoms with Crippen molar-refractivity contribution in [3.63, 3.8) is 0 Å². The second kappa shape index (κ2) is 5.55. The predicted molar refractivity (Wildman–Crippen MR) is 72.7 cm³/mol. The summed E-state index contributed by atoms with van der Waals surface area (Å²) in [5.41, 5.74) is 0.466. The van der Waals surface area contributed by atoms with E-state index in [9.17, 15) is 0 Å². The SMILES string of the molecule is CC(C)N1CCC(Nc2nccc(C#N)c2Cl)C1. The number of rotatable bonds is 3. The third kappa shape index (κ3) is 2.74. The van der Waals surface area contributed by atoms with Crippen molar-refractivity contribution in [2.24, 2.45) is 0 Å². The van der Waals surface area contributed by atoms with E-state index in [1.54, 1.807) is 12.3 Å². The Bertz CT molecular complexity index is 467. The number of pyridine rings is 1. The van der Waals surface area contributed by atoms with Gasteiger partial charge < -0.3 is 5.32 Å². The third-order valence-corrected chi connectivity index (χ3v) is 3.68. The summed E-state index contributed by atoms with van der Waals surface area (Å²) >= 11 is 6.13. The fourth-order valence-corrected chi connectivity index (χ4v) is 2.41. The molecule has 0 saturated carbocycles. The van der Waals surface area contributed by atoms with E-state index in [0.717, 1.165) is 19.5 Å². The normalized spacial score (nSPS) is 20.1. The Morgan fingerprint density at radius 2 is 2.39 bits per heavy atom. The summed E-state index contributed by atoms with van der Waals surface area (Å²) in [4.78, 5) is 6.62. The number of nitriles is 1. The summed E-state index contributed by atoms with van der Waals surface area (Å²) in [6.07, 6.45) is 2.69. The van der Waals surface area contributed by atoms with Gasteiger partial charge in [0.15, 0.2) is 0 Å². The molecule has 2 heterocycles. The predicted octanol–water partition coefficient (Wildman–Crippen LogP) is 2.50. The second-order valence-corrected chi connectivity index (χ2v) is 5.23. The van der Waals surface area contributed by atoms with Gasteiger partial charge in [-0.3, -0.25) is 4.90 Å². The van der Waals surface area contributed by atoms with Crippen molar-refractivity contribution in [2.45, 2.75) is 32.4 Å². The van der Waals surface area contributed by atoms with E-state index in [4.69, 9.17) is 16.9 Å². The van der Waals surface area contributed by atoms with Gasteiger partial charge in [0.2, 0.25) is 0 Å². The number of nitrogens with one attached hydrogen (secondary N) is 1. The highest BCUT2D eigenvalue weighted by Crippen LogP contribution is 2.25. The maximum atomic E-state index is 8.92. The third-order valence-electron chi connectivity index (χ3n) is 3.30. The van der Waals surface area contributed by atoms with Crippen LogP contribution >= 0.6 is 11.6 Å². The first-order valence-electron chi connectivity index (χ1n) is 6.17. The minimum atomic E-state index is 0.353. The van der Waals surface area contributed by atoms with E-state index < -0.39 is 0 Å². The summed E-state index contributed by atoms with van der Waals surface area (Å²) < 4.78 is 0. The minimum Gasteiger partial charge on any atom is -0.365 e. The lowest BCUT2D eigenvalue weighted by atomic mass is 10.2. The van der Waals surface area contributed by atoms with Crippen molar-refractivity contribution in [2.75, 3.05) is 18.4 Å². The van der Waals surface area contributed by atoms with Crippen LogP contribution in [0.2, 0.25) is 5.02 Å². The molecule has 2 rings (SSSR count). The Labute approximate surface area is 113 Å². The average molecular weight is 265 g/mol. The zero-order chi connectivity index (χ0) is 13.1. The molecule has 0 radical (unpaired) electrons. The summed E-state index contributed by atoms with van der Waals surface area (Å²) in [5, 5.41) is 12.7. The first-order chi connectivity index (χ1) is 8.61. The molecule has 0 aromatic carbocycles. The molecule has 4 nitrogen and oxygen atoms in total. The highest BCUT2D eigenvalue weighted by Gasteiger charge is 2.24. The maximum absolute atomic E-state index is 8.92. The molecule has 5 heteroatoms. The van der Waals surface area contributed by atoms with Crippen LogP contribution in [0.15, 0.2) is 12.3 Å². The standard InChI is InChI=1S/C13H17ClN4/c1-9(2)18-6-4-11(8-18)17-13-12(14)10(7-15)3-5-16-13/h3,5,9,11H,4,6,8H2,1-2H3,(H,16,17). The van der Waals surface area contributed by atoms with E-state index in [1.165, 1.54) is 0 Å². The van der Waals surface area contributed by atoms with Gasteiger partial charge in [0, 0.05) is 31.4 Å². The molecule has 96 valence electrons. The highest BCUT2D eigenvalue weighted by molar-refractivity contribution is 6.34. The Morgan fingerprint density at radius 1 is 1.61 bits per heavy atom. The molecule has 1 aliphatic heterocycles. The van der Waals surface area contributed by atoms with Crippen LogP contribution in [0.3, 0.4) is 0 Å². The van der Waals surface area contributed by atoms with E-state index >= 15 is 0 Å². The Hall–Kier alpha value is -1.31. The molecule has 1 fully saturated rings. The fourth-order valence-electron chi connectivity index (χ4n) is 2.20. The summed E-state index contributed by atoms with van der Waals surface area (Å²) in [7, 11) is 0. The van der Waals surface area contributed by atoms with Crippen molar-refractivity contribution >= 4 is 17.4 Å². The van der Waals surface area contributed by atoms with Gasteiger partial charge in [-0.15, -0.1) is 0 Å². The molecule has 1 aliphatic rings. The van der Waals surface area contributed by atoms with Gasteiger partial charge in [-0.05, 0) is 26.3 Å². The second-order valence-electron chi connectivity index (χ2n) is 4.85. The average Bonchev–Trinajstić information content (AvgIpc) is 2.80. The molecule has 1 aromatic rings. The lowest BCUT2D eigenvalue weighted by Crippen LogP contribution is -2.31. The monoisotopic (exact) mass is 264 g/mol. The van der Waals surface area contributed by atoms with E-state index in [2.05, 4.69) is 35.1 Å². The van der Waals surface area contributed by atoms with E-state index in [1.807, 2.05) is 0 Å². The number of hydrogen-bond acceptors (Lipinski definition) is 4. The van der Waals surface area contributed by atoms with Crippen molar-refractivity contribution in [1.82, 2.24) is 9.88 Å². The van der Waals surface area contributed by atoms with E-state index in [0.29, 0.717) is 28.5 Å². The quantitative estimate of drug-likeness (QED) is 0.911. The Kier molecular flexibility index (Phi) is 4.05. The molecule has 0 aliphatic carbocycles. The van der Waals surface area contributed by atoms with Crippen LogP contribution in [0, 0.1) is 11.3 Å². The molecule has 1 unspecified atom stereocenters. The van der Waals surface area contributed by atoms with Gasteiger partial charge in [0.1, 0.15) is 16.9 Å². The van der Waals surface area contributed by atoms with Gasteiger partial charge in [0.25, 0.3) is 0 Å². The van der Waals surface area contributed by atoms with Crippen LogP contribution < -0.4 is 5.32 Å². The Balaban J connectivity index is 2.05. The molecular formula is C13H17ClN4. The summed E-state index contributed by atoms with van der Waals surface area (Å²) in [6.45, 7) is 6.48. The molecule has 1 atom stereocenters. The maximum Gasteiger partial charge on any atom is 0.146 e. The first kappa shape index (κ1) is 13.1. The molecular weight excluding hydrogens is 248 g/mol. The fraction of sp³-hybridized carbons (Fsp3) is 0.538. The molecule has 0 amide bonds. The van der Waals surface area contributed by atoms with Crippen molar-refractivity contribution < 1.29 is 0 Å². The minimum absolute atomic E-state index is 0.353. The van der Waals surface area contributed by atoms with Crippen LogP contribution in [0.25, 0.3) is 0 Å². The smallest absolute Gasteiger partial charge is 0.146 e. The number of likely N-dealkylation sites (tertiary alicyclic amines) is 1. The van der Waals surface area contributed by atoms with Crippen LogP contribution in [0.4, 0.5) is 5.82 Å². The van der Waals surface area contributed by atoms with Crippen LogP contribution in [-0.4, -0.2) is 35.1 Å². The van der Waals surface area contributed by atoms with Gasteiger partial charge in [-0.2, -0.15) is 5.26 Å². The molecule has 0 bridgehead atoms. The molecule has 0 spiro atoms. The van der Waals surface area contributed by atoms with Crippen molar-refractivity contribution in [3.8, 4) is 6.07 Å². The summed E-state index contributed by atoms with van der Waals surface area (Å²) in [5.74, 6) is 0.617. The highest BCUT2D eigenvalue weighted by atomic mass is 35.5. The number of halogens is 1. The van der Waals surface area contributed by atoms with Crippen LogP contribution in [-0.2, 0) is 0 Å². The van der Waals surface area contributed by atoms with Gasteiger partial charge in [-0.25, -0.2) is 4.98 Å². The topological polar surface area (TPSA) is 52.0 Å². The van der Waals surface area contributed by atoms with Crippen molar-refractivity contribution in [3.05, 3.63) is 22.8 Å². The van der Waals surface area contributed by atoms with Gasteiger partial charge >= 0.3 is 0 Å². The summed E-state index contributed by atoms with van der Waals surface area (Å²) in [6, 6.07) is 4.61. The number of hydrogen-bond donors (Lipinski definition) is 1. The lowest BCUT2D eigenvalue weighted by Gasteiger charge is -2.20. The van der Waals surface area contributed by atoms with Gasteiger partial charge in [-0.1, -0.05) is 11.6 Å². The first-order valence-corrected chi connectivity index (χ1v) is 6.54. The van der Waals surface area contributed by atoms with Crippen LogP contribution in [0.1, 0.15) is 25.8 Å².